The molecule has 1 aromatic carbocycles. The van der Waals surface area contributed by atoms with Crippen molar-refractivity contribution in [3.63, 3.8) is 0 Å². The number of piperidine rings is 1. The molecule has 0 spiro atoms. The standard InChI is InChI=1S/C20H24BrN3O4S/c1-14-9-15(2)11-24(10-14)29(27,28)18-6-4-17(5-7-18)22-19(25)13-23-12-16(21)3-8-20(23)26/h3-8,12,14-15H,9-11,13H2,1-2H3,(H,22,25)/t14-,15+. The fourth-order valence-electron chi connectivity index (χ4n) is 3.64. The number of amides is 1. The van der Waals surface area contributed by atoms with Gasteiger partial charge in [-0.3, -0.25) is 9.59 Å². The molecular weight excluding hydrogens is 458 g/mol. The van der Waals surface area contributed by atoms with Crippen molar-refractivity contribution in [2.75, 3.05) is 18.4 Å². The molecule has 0 unspecified atom stereocenters. The van der Waals surface area contributed by atoms with Crippen molar-refractivity contribution in [1.29, 1.82) is 0 Å². The fraction of sp³-hybridized carbons (Fsp3) is 0.400. The first-order chi connectivity index (χ1) is 13.6. The molecule has 1 aromatic heterocycles. The van der Waals surface area contributed by atoms with E-state index in [2.05, 4.69) is 35.1 Å². The number of hydrogen-bond acceptors (Lipinski definition) is 4. The van der Waals surface area contributed by atoms with Gasteiger partial charge in [0.1, 0.15) is 6.54 Å². The molecule has 1 saturated heterocycles. The van der Waals surface area contributed by atoms with Crippen LogP contribution < -0.4 is 10.9 Å². The highest BCUT2D eigenvalue weighted by molar-refractivity contribution is 9.10. The number of halogens is 1. The molecule has 0 radical (unpaired) electrons. The van der Waals surface area contributed by atoms with Crippen LogP contribution in [0.1, 0.15) is 20.3 Å². The first-order valence-electron chi connectivity index (χ1n) is 9.41. The Morgan fingerprint density at radius 2 is 1.72 bits per heavy atom. The predicted molar refractivity (Wildman–Crippen MR) is 115 cm³/mol. The summed E-state index contributed by atoms with van der Waals surface area (Å²) in [4.78, 5) is 24.2. The minimum absolute atomic E-state index is 0.137. The molecule has 9 heteroatoms. The van der Waals surface area contributed by atoms with Crippen molar-refractivity contribution in [3.8, 4) is 0 Å². The highest BCUT2D eigenvalue weighted by Crippen LogP contribution is 2.27. The Morgan fingerprint density at radius 1 is 1.10 bits per heavy atom. The summed E-state index contributed by atoms with van der Waals surface area (Å²) in [6, 6.07) is 9.11. The molecule has 156 valence electrons. The zero-order valence-corrected chi connectivity index (χ0v) is 18.7. The van der Waals surface area contributed by atoms with E-state index >= 15 is 0 Å². The minimum Gasteiger partial charge on any atom is -0.325 e. The van der Waals surface area contributed by atoms with Crippen LogP contribution in [0.4, 0.5) is 5.69 Å². The highest BCUT2D eigenvalue weighted by atomic mass is 79.9. The molecule has 1 fully saturated rings. The van der Waals surface area contributed by atoms with E-state index in [0.717, 1.165) is 6.42 Å². The minimum atomic E-state index is -3.56. The van der Waals surface area contributed by atoms with Crippen LogP contribution in [0.15, 0.2) is 56.8 Å². The Hall–Kier alpha value is -1.97. The summed E-state index contributed by atoms with van der Waals surface area (Å²) in [5, 5.41) is 2.69. The lowest BCUT2D eigenvalue weighted by molar-refractivity contribution is -0.116. The van der Waals surface area contributed by atoms with Gasteiger partial charge in [0.2, 0.25) is 15.9 Å². The molecule has 1 N–H and O–H groups in total. The van der Waals surface area contributed by atoms with Crippen molar-refractivity contribution >= 4 is 37.5 Å². The Morgan fingerprint density at radius 3 is 2.34 bits per heavy atom. The maximum absolute atomic E-state index is 12.9. The SMILES string of the molecule is C[C@@H]1C[C@H](C)CN(S(=O)(=O)c2ccc(NC(=O)Cn3cc(Br)ccc3=O)cc2)C1. The second-order valence-electron chi connectivity index (χ2n) is 7.65. The van der Waals surface area contributed by atoms with Gasteiger partial charge in [-0.1, -0.05) is 13.8 Å². The van der Waals surface area contributed by atoms with Gasteiger partial charge < -0.3 is 9.88 Å². The van der Waals surface area contributed by atoms with E-state index in [0.29, 0.717) is 35.1 Å². The van der Waals surface area contributed by atoms with Crippen molar-refractivity contribution in [2.24, 2.45) is 11.8 Å². The normalized spacial score (nSPS) is 20.4. The van der Waals surface area contributed by atoms with Crippen molar-refractivity contribution in [1.82, 2.24) is 8.87 Å². The monoisotopic (exact) mass is 481 g/mol. The van der Waals surface area contributed by atoms with E-state index in [-0.39, 0.29) is 22.9 Å². The Balaban J connectivity index is 1.69. The highest BCUT2D eigenvalue weighted by Gasteiger charge is 2.31. The third-order valence-corrected chi connectivity index (χ3v) is 7.19. The third-order valence-electron chi connectivity index (χ3n) is 4.87. The van der Waals surface area contributed by atoms with Gasteiger partial charge in [0, 0.05) is 35.5 Å². The quantitative estimate of drug-likeness (QED) is 0.710. The van der Waals surface area contributed by atoms with E-state index in [1.165, 1.54) is 29.0 Å². The van der Waals surface area contributed by atoms with Gasteiger partial charge in [-0.05, 0) is 64.5 Å². The zero-order valence-electron chi connectivity index (χ0n) is 16.3. The first-order valence-corrected chi connectivity index (χ1v) is 11.6. The van der Waals surface area contributed by atoms with Gasteiger partial charge in [-0.15, -0.1) is 0 Å². The van der Waals surface area contributed by atoms with Crippen LogP contribution in [-0.2, 0) is 21.4 Å². The summed E-state index contributed by atoms with van der Waals surface area (Å²) in [5.41, 5.74) is 0.187. The summed E-state index contributed by atoms with van der Waals surface area (Å²) < 4.78 is 29.4. The molecule has 1 aliphatic heterocycles. The summed E-state index contributed by atoms with van der Waals surface area (Å²) in [6.45, 7) is 5.03. The van der Waals surface area contributed by atoms with E-state index in [1.54, 1.807) is 22.5 Å². The molecule has 2 aromatic rings. The molecule has 1 aliphatic rings. The van der Waals surface area contributed by atoms with Crippen LogP contribution in [0.5, 0.6) is 0 Å². The number of nitrogens with one attached hydrogen (secondary N) is 1. The average Bonchev–Trinajstić information content (AvgIpc) is 2.64. The van der Waals surface area contributed by atoms with Crippen LogP contribution in [0.25, 0.3) is 0 Å². The predicted octanol–water partition coefficient (Wildman–Crippen LogP) is 2.92. The van der Waals surface area contributed by atoms with Gasteiger partial charge in [0.05, 0.1) is 4.90 Å². The van der Waals surface area contributed by atoms with E-state index < -0.39 is 10.0 Å². The number of anilines is 1. The van der Waals surface area contributed by atoms with Crippen LogP contribution in [0.3, 0.4) is 0 Å². The summed E-state index contributed by atoms with van der Waals surface area (Å²) >= 11 is 3.27. The molecule has 2 atom stereocenters. The van der Waals surface area contributed by atoms with E-state index in [1.807, 2.05) is 0 Å². The average molecular weight is 482 g/mol. The number of carbonyl (C=O) groups is 1. The Bertz CT molecular complexity index is 1040. The van der Waals surface area contributed by atoms with E-state index in [9.17, 15) is 18.0 Å². The molecule has 3 rings (SSSR count). The number of rotatable bonds is 5. The number of aromatic nitrogens is 1. The fourth-order valence-corrected chi connectivity index (χ4v) is 5.70. The molecule has 0 aliphatic carbocycles. The third kappa shape index (κ3) is 5.34. The molecule has 0 saturated carbocycles. The number of sulfonamides is 1. The van der Waals surface area contributed by atoms with Gasteiger partial charge in [-0.2, -0.15) is 4.31 Å². The van der Waals surface area contributed by atoms with Crippen LogP contribution in [-0.4, -0.2) is 36.3 Å². The number of hydrogen-bond donors (Lipinski definition) is 1. The number of pyridine rings is 1. The number of benzene rings is 1. The lowest BCUT2D eigenvalue weighted by Crippen LogP contribution is -2.42. The molecule has 0 bridgehead atoms. The van der Waals surface area contributed by atoms with Crippen molar-refractivity contribution < 1.29 is 13.2 Å². The summed E-state index contributed by atoms with van der Waals surface area (Å²) in [6.07, 6.45) is 2.57. The number of carbonyl (C=O) groups excluding carboxylic acids is 1. The zero-order chi connectivity index (χ0) is 21.2. The van der Waals surface area contributed by atoms with Crippen LogP contribution in [0.2, 0.25) is 0 Å². The smallest absolute Gasteiger partial charge is 0.251 e. The van der Waals surface area contributed by atoms with E-state index in [4.69, 9.17) is 0 Å². The largest absolute Gasteiger partial charge is 0.325 e. The maximum Gasteiger partial charge on any atom is 0.251 e. The molecular formula is C20H24BrN3O4S. The van der Waals surface area contributed by atoms with Gasteiger partial charge >= 0.3 is 0 Å². The molecule has 29 heavy (non-hydrogen) atoms. The molecule has 7 nitrogen and oxygen atoms in total. The van der Waals surface area contributed by atoms with Crippen molar-refractivity contribution in [2.45, 2.75) is 31.7 Å². The topological polar surface area (TPSA) is 88.5 Å². The summed E-state index contributed by atoms with van der Waals surface area (Å²) in [5.74, 6) is 0.279. The molecule has 1 amide bonds. The summed E-state index contributed by atoms with van der Waals surface area (Å²) in [7, 11) is -3.56. The lowest BCUT2D eigenvalue weighted by atomic mass is 9.94. The van der Waals surface area contributed by atoms with Crippen molar-refractivity contribution in [3.05, 3.63) is 57.4 Å². The second kappa shape index (κ2) is 8.81. The molecule has 2 heterocycles. The van der Waals surface area contributed by atoms with Gasteiger partial charge in [0.15, 0.2) is 0 Å². The van der Waals surface area contributed by atoms with Crippen LogP contribution in [0, 0.1) is 11.8 Å². The second-order valence-corrected chi connectivity index (χ2v) is 10.5. The first kappa shape index (κ1) is 21.7. The lowest BCUT2D eigenvalue weighted by Gasteiger charge is -2.34. The maximum atomic E-state index is 12.9. The van der Waals surface area contributed by atoms with Gasteiger partial charge in [0.25, 0.3) is 5.56 Å². The van der Waals surface area contributed by atoms with Gasteiger partial charge in [-0.25, -0.2) is 8.42 Å². The Labute approximate surface area is 178 Å². The Kier molecular flexibility index (Phi) is 6.60. The van der Waals surface area contributed by atoms with Crippen LogP contribution >= 0.6 is 15.9 Å². The number of nitrogens with zero attached hydrogens (tertiary/aromatic N) is 2.